The molecule has 0 spiro atoms. The maximum atomic E-state index is 14.0. The van der Waals surface area contributed by atoms with Gasteiger partial charge in [0.25, 0.3) is 10.0 Å². The zero-order valence-corrected chi connectivity index (χ0v) is 24.6. The molecule has 3 rings (SSSR count). The lowest BCUT2D eigenvalue weighted by Crippen LogP contribution is -2.52. The van der Waals surface area contributed by atoms with Crippen LogP contribution in [0.3, 0.4) is 0 Å². The highest BCUT2D eigenvalue weighted by Gasteiger charge is 2.33. The van der Waals surface area contributed by atoms with Gasteiger partial charge >= 0.3 is 0 Å². The van der Waals surface area contributed by atoms with Crippen molar-refractivity contribution < 1.29 is 18.0 Å². The highest BCUT2D eigenvalue weighted by Crippen LogP contribution is 2.27. The Balaban J connectivity index is 2.07. The van der Waals surface area contributed by atoms with Crippen LogP contribution < -0.4 is 9.62 Å². The fraction of sp³-hybridized carbons (Fsp3) is 0.310. The molecule has 7 nitrogen and oxygen atoms in total. The van der Waals surface area contributed by atoms with E-state index in [9.17, 15) is 18.0 Å². The summed E-state index contributed by atoms with van der Waals surface area (Å²) in [5.41, 5.74) is 1.96. The molecule has 1 unspecified atom stereocenters. The van der Waals surface area contributed by atoms with E-state index in [-0.39, 0.29) is 17.3 Å². The minimum atomic E-state index is -4.11. The van der Waals surface area contributed by atoms with Gasteiger partial charge in [0, 0.05) is 23.1 Å². The van der Waals surface area contributed by atoms with E-state index in [0.29, 0.717) is 34.3 Å². The van der Waals surface area contributed by atoms with Crippen molar-refractivity contribution in [2.45, 2.75) is 51.1 Å². The Bertz CT molecular complexity index is 1380. The number of carbonyl (C=O) groups is 2. The molecule has 0 aromatic heterocycles. The fourth-order valence-electron chi connectivity index (χ4n) is 4.19. The lowest BCUT2D eigenvalue weighted by atomic mass is 10.1. The topological polar surface area (TPSA) is 86.8 Å². The lowest BCUT2D eigenvalue weighted by molar-refractivity contribution is -0.140. The van der Waals surface area contributed by atoms with Gasteiger partial charge in [-0.2, -0.15) is 0 Å². The van der Waals surface area contributed by atoms with Gasteiger partial charge in [0.2, 0.25) is 11.8 Å². The summed E-state index contributed by atoms with van der Waals surface area (Å²) in [6, 6.07) is 19.1. The first kappa shape index (κ1) is 30.5. The fourth-order valence-corrected chi connectivity index (χ4v) is 6.09. The zero-order chi connectivity index (χ0) is 28.6. The number of hydrogen-bond acceptors (Lipinski definition) is 4. The molecule has 1 N–H and O–H groups in total. The monoisotopic (exact) mass is 589 g/mol. The Kier molecular flexibility index (Phi) is 10.8. The zero-order valence-electron chi connectivity index (χ0n) is 22.2. The Morgan fingerprint density at radius 2 is 1.59 bits per heavy atom. The standard InChI is InChI=1S/C29H33Cl2N3O4S/c1-4-21-12-16-24(17-13-21)34(39(37,38)25-10-8-7-9-11-25)20-28(35)33(27(5-2)29(36)32-6-3)19-22-14-15-23(30)18-26(22)31/h7-18,27H,4-6,19-20H2,1-3H3,(H,32,36). The first-order valence-corrected chi connectivity index (χ1v) is 15.0. The van der Waals surface area contributed by atoms with Crippen LogP contribution in [-0.2, 0) is 32.6 Å². The molecule has 39 heavy (non-hydrogen) atoms. The molecule has 0 saturated carbocycles. The number of amides is 2. The third kappa shape index (κ3) is 7.53. The summed E-state index contributed by atoms with van der Waals surface area (Å²) in [6.07, 6.45) is 1.10. The molecule has 0 aliphatic carbocycles. The van der Waals surface area contributed by atoms with E-state index in [1.807, 2.05) is 19.1 Å². The van der Waals surface area contributed by atoms with Gasteiger partial charge in [-0.05, 0) is 67.3 Å². The lowest BCUT2D eigenvalue weighted by Gasteiger charge is -2.33. The molecule has 0 aliphatic rings. The number of sulfonamides is 1. The van der Waals surface area contributed by atoms with Crippen LogP contribution in [0.1, 0.15) is 38.3 Å². The normalized spacial score (nSPS) is 12.0. The van der Waals surface area contributed by atoms with E-state index in [2.05, 4.69) is 5.32 Å². The first-order chi connectivity index (χ1) is 18.6. The Morgan fingerprint density at radius 3 is 2.15 bits per heavy atom. The minimum Gasteiger partial charge on any atom is -0.355 e. The molecule has 3 aromatic carbocycles. The molecule has 208 valence electrons. The van der Waals surface area contributed by atoms with Crippen LogP contribution in [0.25, 0.3) is 0 Å². The van der Waals surface area contributed by atoms with Crippen LogP contribution in [0, 0.1) is 0 Å². The summed E-state index contributed by atoms with van der Waals surface area (Å²) in [7, 11) is -4.11. The second-order valence-corrected chi connectivity index (χ2v) is 11.6. The second-order valence-electron chi connectivity index (χ2n) is 8.92. The molecule has 0 radical (unpaired) electrons. The number of likely N-dealkylation sites (N-methyl/N-ethyl adjacent to an activating group) is 1. The average Bonchev–Trinajstić information content (AvgIpc) is 2.93. The van der Waals surface area contributed by atoms with Crippen LogP contribution >= 0.6 is 23.2 Å². The summed E-state index contributed by atoms with van der Waals surface area (Å²) in [6.45, 7) is 5.47. The molecule has 0 saturated heterocycles. The average molecular weight is 591 g/mol. The quantitative estimate of drug-likeness (QED) is 0.294. The van der Waals surface area contributed by atoms with Crippen molar-refractivity contribution >= 4 is 50.7 Å². The highest BCUT2D eigenvalue weighted by atomic mass is 35.5. The van der Waals surface area contributed by atoms with Gasteiger partial charge in [0.1, 0.15) is 12.6 Å². The van der Waals surface area contributed by atoms with Gasteiger partial charge in [-0.15, -0.1) is 0 Å². The number of hydrogen-bond donors (Lipinski definition) is 1. The van der Waals surface area contributed by atoms with Gasteiger partial charge in [-0.1, -0.05) is 73.4 Å². The number of benzene rings is 3. The van der Waals surface area contributed by atoms with Gasteiger partial charge in [0.05, 0.1) is 10.6 Å². The van der Waals surface area contributed by atoms with Crippen LogP contribution in [0.4, 0.5) is 5.69 Å². The molecule has 0 heterocycles. The van der Waals surface area contributed by atoms with Crippen molar-refractivity contribution in [3.05, 3.63) is 94.0 Å². The number of rotatable bonds is 12. The Labute approximate surface area is 240 Å². The van der Waals surface area contributed by atoms with Crippen molar-refractivity contribution in [3.63, 3.8) is 0 Å². The molecule has 0 aliphatic heterocycles. The highest BCUT2D eigenvalue weighted by molar-refractivity contribution is 7.92. The Hall–Kier alpha value is -3.07. The van der Waals surface area contributed by atoms with E-state index < -0.39 is 28.5 Å². The second kappa shape index (κ2) is 13.8. The molecule has 0 bridgehead atoms. The molecule has 0 fully saturated rings. The summed E-state index contributed by atoms with van der Waals surface area (Å²) in [5, 5.41) is 3.56. The van der Waals surface area contributed by atoms with Crippen molar-refractivity contribution in [2.24, 2.45) is 0 Å². The van der Waals surface area contributed by atoms with E-state index >= 15 is 0 Å². The van der Waals surface area contributed by atoms with Crippen LogP contribution in [-0.4, -0.2) is 44.3 Å². The molecule has 2 amide bonds. The van der Waals surface area contributed by atoms with E-state index in [4.69, 9.17) is 23.2 Å². The maximum Gasteiger partial charge on any atom is 0.264 e. The molecule has 1 atom stereocenters. The van der Waals surface area contributed by atoms with Crippen molar-refractivity contribution in [1.29, 1.82) is 0 Å². The van der Waals surface area contributed by atoms with Crippen LogP contribution in [0.2, 0.25) is 10.0 Å². The van der Waals surface area contributed by atoms with E-state index in [1.165, 1.54) is 17.0 Å². The largest absolute Gasteiger partial charge is 0.355 e. The smallest absolute Gasteiger partial charge is 0.264 e. The van der Waals surface area contributed by atoms with Crippen molar-refractivity contribution in [2.75, 3.05) is 17.4 Å². The number of aryl methyl sites for hydroxylation is 1. The third-order valence-corrected chi connectivity index (χ3v) is 8.71. The first-order valence-electron chi connectivity index (χ1n) is 12.8. The summed E-state index contributed by atoms with van der Waals surface area (Å²) < 4.78 is 28.7. The Morgan fingerprint density at radius 1 is 0.923 bits per heavy atom. The van der Waals surface area contributed by atoms with Crippen molar-refractivity contribution in [1.82, 2.24) is 10.2 Å². The van der Waals surface area contributed by atoms with Gasteiger partial charge in [-0.25, -0.2) is 8.42 Å². The number of carbonyl (C=O) groups excluding carboxylic acids is 2. The van der Waals surface area contributed by atoms with Gasteiger partial charge < -0.3 is 10.2 Å². The summed E-state index contributed by atoms with van der Waals surface area (Å²) in [4.78, 5) is 28.4. The molecular formula is C29H33Cl2N3O4S. The van der Waals surface area contributed by atoms with E-state index in [1.54, 1.807) is 62.4 Å². The third-order valence-electron chi connectivity index (χ3n) is 6.34. The molecular weight excluding hydrogens is 557 g/mol. The number of nitrogens with zero attached hydrogens (tertiary/aromatic N) is 2. The molecule has 10 heteroatoms. The van der Waals surface area contributed by atoms with Gasteiger partial charge in [0.15, 0.2) is 0 Å². The van der Waals surface area contributed by atoms with Crippen LogP contribution in [0.15, 0.2) is 77.7 Å². The predicted octanol–water partition coefficient (Wildman–Crippen LogP) is 5.69. The minimum absolute atomic E-state index is 0.00151. The summed E-state index contributed by atoms with van der Waals surface area (Å²) in [5.74, 6) is -0.874. The summed E-state index contributed by atoms with van der Waals surface area (Å²) >= 11 is 12.5. The number of nitrogens with one attached hydrogen (secondary N) is 1. The number of halogens is 2. The maximum absolute atomic E-state index is 14.0. The predicted molar refractivity (Wildman–Crippen MR) is 157 cm³/mol. The number of anilines is 1. The SMILES string of the molecule is CCNC(=O)C(CC)N(Cc1ccc(Cl)cc1Cl)C(=O)CN(c1ccc(CC)cc1)S(=O)(=O)c1ccccc1. The van der Waals surface area contributed by atoms with Gasteiger partial charge in [-0.3, -0.25) is 13.9 Å². The molecule has 3 aromatic rings. The van der Waals surface area contributed by atoms with E-state index in [0.717, 1.165) is 16.3 Å². The van der Waals surface area contributed by atoms with Crippen molar-refractivity contribution in [3.8, 4) is 0 Å². The van der Waals surface area contributed by atoms with Crippen LogP contribution in [0.5, 0.6) is 0 Å².